The molecule has 17 heavy (non-hydrogen) atoms. The van der Waals surface area contributed by atoms with Crippen LogP contribution in [0.2, 0.25) is 0 Å². The lowest BCUT2D eigenvalue weighted by Gasteiger charge is -2.53. The Morgan fingerprint density at radius 2 is 1.82 bits per heavy atom. The van der Waals surface area contributed by atoms with Crippen LogP contribution in [0.4, 0.5) is 0 Å². The number of aliphatic hydroxyl groups excluding tert-OH is 2. The van der Waals surface area contributed by atoms with Crippen LogP contribution in [-0.4, -0.2) is 22.4 Å². The van der Waals surface area contributed by atoms with E-state index in [0.29, 0.717) is 11.8 Å². The van der Waals surface area contributed by atoms with Crippen LogP contribution < -0.4 is 0 Å². The molecule has 0 bridgehead atoms. The topological polar surface area (TPSA) is 40.5 Å². The molecule has 5 unspecified atom stereocenters. The number of aliphatic hydroxyl groups is 2. The van der Waals surface area contributed by atoms with Gasteiger partial charge in [0, 0.05) is 5.92 Å². The van der Waals surface area contributed by atoms with Gasteiger partial charge in [-0.05, 0) is 48.5 Å². The summed E-state index contributed by atoms with van der Waals surface area (Å²) in [6, 6.07) is 0. The fourth-order valence-electron chi connectivity index (χ4n) is 4.02. The largest absolute Gasteiger partial charge is 0.392 e. The molecule has 2 rings (SSSR count). The highest BCUT2D eigenvalue weighted by atomic mass is 16.3. The number of hydrogen-bond acceptors (Lipinski definition) is 2. The predicted molar refractivity (Wildman–Crippen MR) is 69.5 cm³/mol. The summed E-state index contributed by atoms with van der Waals surface area (Å²) in [6.45, 7) is 10.7. The van der Waals surface area contributed by atoms with Crippen LogP contribution in [0.1, 0.15) is 46.5 Å². The third-order valence-corrected chi connectivity index (χ3v) is 5.25. The average molecular weight is 238 g/mol. The lowest BCUT2D eigenvalue weighted by atomic mass is 9.54. The van der Waals surface area contributed by atoms with Gasteiger partial charge in [0.05, 0.1) is 12.2 Å². The van der Waals surface area contributed by atoms with Gasteiger partial charge in [0.25, 0.3) is 0 Å². The summed E-state index contributed by atoms with van der Waals surface area (Å²) in [4.78, 5) is 0. The highest BCUT2D eigenvalue weighted by Crippen LogP contribution is 2.54. The van der Waals surface area contributed by atoms with E-state index >= 15 is 0 Å². The Bertz CT molecular complexity index is 310. The van der Waals surface area contributed by atoms with Crippen LogP contribution in [-0.2, 0) is 0 Å². The van der Waals surface area contributed by atoms with E-state index in [-0.39, 0.29) is 17.4 Å². The summed E-state index contributed by atoms with van der Waals surface area (Å²) in [7, 11) is 0. The third kappa shape index (κ3) is 2.06. The first-order valence-electron chi connectivity index (χ1n) is 6.91. The highest BCUT2D eigenvalue weighted by molar-refractivity contribution is 5.19. The Balaban J connectivity index is 2.27. The van der Waals surface area contributed by atoms with Gasteiger partial charge in [-0.3, -0.25) is 0 Å². The van der Waals surface area contributed by atoms with Crippen molar-refractivity contribution in [1.29, 1.82) is 0 Å². The summed E-state index contributed by atoms with van der Waals surface area (Å²) < 4.78 is 0. The summed E-state index contributed by atoms with van der Waals surface area (Å²) in [6.07, 6.45) is 3.35. The Kier molecular flexibility index (Phi) is 3.39. The molecule has 2 nitrogen and oxygen atoms in total. The third-order valence-electron chi connectivity index (χ3n) is 5.25. The van der Waals surface area contributed by atoms with Crippen molar-refractivity contribution < 1.29 is 10.2 Å². The molecule has 0 aromatic carbocycles. The van der Waals surface area contributed by atoms with Gasteiger partial charge in [-0.25, -0.2) is 0 Å². The normalized spacial score (nSPS) is 47.1. The van der Waals surface area contributed by atoms with Crippen molar-refractivity contribution >= 4 is 0 Å². The van der Waals surface area contributed by atoms with E-state index < -0.39 is 6.10 Å². The van der Waals surface area contributed by atoms with E-state index in [0.717, 1.165) is 31.3 Å². The van der Waals surface area contributed by atoms with Gasteiger partial charge in [0.15, 0.2) is 0 Å². The molecule has 2 N–H and O–H groups in total. The summed E-state index contributed by atoms with van der Waals surface area (Å²) >= 11 is 0. The second-order valence-electron chi connectivity index (χ2n) is 6.70. The Labute approximate surface area is 105 Å². The van der Waals surface area contributed by atoms with Crippen molar-refractivity contribution in [1.82, 2.24) is 0 Å². The molecule has 0 amide bonds. The minimum atomic E-state index is -0.409. The standard InChI is InChI=1S/C15H26O2/c1-9(2)11-5-7-15(4)8-6-12(16)10(3)13(15)14(11)17/h9,11-14,16-17H,3,5-8H2,1-2,4H3. The molecule has 2 aliphatic rings. The molecule has 2 aliphatic carbocycles. The zero-order valence-corrected chi connectivity index (χ0v) is 11.3. The van der Waals surface area contributed by atoms with Crippen molar-refractivity contribution in [3.05, 3.63) is 12.2 Å². The first-order chi connectivity index (χ1) is 7.87. The average Bonchev–Trinajstić information content (AvgIpc) is 2.24. The fourth-order valence-corrected chi connectivity index (χ4v) is 4.02. The molecule has 0 aromatic rings. The fraction of sp³-hybridized carbons (Fsp3) is 0.867. The lowest BCUT2D eigenvalue weighted by Crippen LogP contribution is -2.51. The highest BCUT2D eigenvalue weighted by Gasteiger charge is 2.50. The molecule has 0 saturated heterocycles. The molecule has 2 fully saturated rings. The van der Waals surface area contributed by atoms with E-state index in [9.17, 15) is 10.2 Å². The minimum absolute atomic E-state index is 0.0902. The molecule has 0 spiro atoms. The van der Waals surface area contributed by atoms with Crippen molar-refractivity contribution in [2.75, 3.05) is 0 Å². The first kappa shape index (κ1) is 13.1. The molecule has 0 radical (unpaired) electrons. The van der Waals surface area contributed by atoms with Crippen LogP contribution in [0.25, 0.3) is 0 Å². The quantitative estimate of drug-likeness (QED) is 0.690. The van der Waals surface area contributed by atoms with E-state index in [1.54, 1.807) is 0 Å². The second-order valence-corrected chi connectivity index (χ2v) is 6.70. The monoisotopic (exact) mass is 238 g/mol. The molecule has 98 valence electrons. The van der Waals surface area contributed by atoms with Crippen LogP contribution in [0, 0.1) is 23.2 Å². The van der Waals surface area contributed by atoms with Gasteiger partial charge in [0.1, 0.15) is 0 Å². The maximum Gasteiger partial charge on any atom is 0.0751 e. The van der Waals surface area contributed by atoms with Crippen molar-refractivity contribution in [3.63, 3.8) is 0 Å². The molecule has 2 saturated carbocycles. The number of fused-ring (bicyclic) bond motifs is 1. The van der Waals surface area contributed by atoms with Gasteiger partial charge in [-0.2, -0.15) is 0 Å². The van der Waals surface area contributed by atoms with E-state index in [1.165, 1.54) is 0 Å². The maximum absolute atomic E-state index is 10.6. The lowest BCUT2D eigenvalue weighted by molar-refractivity contribution is -0.0818. The first-order valence-corrected chi connectivity index (χ1v) is 6.91. The van der Waals surface area contributed by atoms with Crippen LogP contribution in [0.5, 0.6) is 0 Å². The van der Waals surface area contributed by atoms with Crippen molar-refractivity contribution in [2.24, 2.45) is 23.2 Å². The zero-order chi connectivity index (χ0) is 12.8. The van der Waals surface area contributed by atoms with Gasteiger partial charge < -0.3 is 10.2 Å². The van der Waals surface area contributed by atoms with E-state index in [2.05, 4.69) is 27.4 Å². The van der Waals surface area contributed by atoms with Crippen LogP contribution in [0.15, 0.2) is 12.2 Å². The maximum atomic E-state index is 10.6. The zero-order valence-electron chi connectivity index (χ0n) is 11.3. The number of rotatable bonds is 1. The van der Waals surface area contributed by atoms with Crippen LogP contribution >= 0.6 is 0 Å². The molecule has 0 aliphatic heterocycles. The van der Waals surface area contributed by atoms with Crippen LogP contribution in [0.3, 0.4) is 0 Å². The SMILES string of the molecule is C=C1C(O)CCC2(C)CCC(C(C)C)C(O)C12. The van der Waals surface area contributed by atoms with E-state index in [1.807, 2.05) is 0 Å². The Morgan fingerprint density at radius 1 is 1.24 bits per heavy atom. The second kappa shape index (κ2) is 4.40. The van der Waals surface area contributed by atoms with Gasteiger partial charge >= 0.3 is 0 Å². The Morgan fingerprint density at radius 3 is 2.41 bits per heavy atom. The smallest absolute Gasteiger partial charge is 0.0751 e. The molecular weight excluding hydrogens is 212 g/mol. The number of hydrogen-bond donors (Lipinski definition) is 2. The molecule has 0 aromatic heterocycles. The minimum Gasteiger partial charge on any atom is -0.392 e. The molecule has 0 heterocycles. The van der Waals surface area contributed by atoms with Gasteiger partial charge in [-0.15, -0.1) is 0 Å². The summed E-state index contributed by atoms with van der Waals surface area (Å²) in [5.74, 6) is 0.948. The molecular formula is C15H26O2. The van der Waals surface area contributed by atoms with Gasteiger partial charge in [0.2, 0.25) is 0 Å². The summed E-state index contributed by atoms with van der Waals surface area (Å²) in [5.41, 5.74) is 1.03. The van der Waals surface area contributed by atoms with E-state index in [4.69, 9.17) is 0 Å². The molecule has 5 atom stereocenters. The molecule has 2 heteroatoms. The summed E-state index contributed by atoms with van der Waals surface area (Å²) in [5, 5.41) is 20.6. The van der Waals surface area contributed by atoms with Crippen molar-refractivity contribution in [2.45, 2.75) is 58.7 Å². The van der Waals surface area contributed by atoms with Gasteiger partial charge in [-0.1, -0.05) is 27.4 Å². The Hall–Kier alpha value is -0.340. The van der Waals surface area contributed by atoms with Crippen molar-refractivity contribution in [3.8, 4) is 0 Å². The predicted octanol–water partition coefficient (Wildman–Crippen LogP) is 2.75.